The maximum atomic E-state index is 4.14. The zero-order valence-electron chi connectivity index (χ0n) is 11.5. The zero-order chi connectivity index (χ0) is 13.8. The van der Waals surface area contributed by atoms with E-state index in [2.05, 4.69) is 59.0 Å². The first-order chi connectivity index (χ1) is 9.81. The molecule has 2 aromatic heterocycles. The van der Waals surface area contributed by atoms with Crippen LogP contribution < -0.4 is 5.32 Å². The molecule has 102 valence electrons. The van der Waals surface area contributed by atoms with Gasteiger partial charge in [-0.2, -0.15) is 0 Å². The molecule has 1 atom stereocenters. The van der Waals surface area contributed by atoms with E-state index in [1.54, 1.807) is 0 Å². The Kier molecular flexibility index (Phi) is 4.09. The number of benzene rings is 1. The lowest BCUT2D eigenvalue weighted by Gasteiger charge is -2.13. The quantitative estimate of drug-likeness (QED) is 0.764. The highest BCUT2D eigenvalue weighted by Crippen LogP contribution is 2.15. The minimum atomic E-state index is 0.488. The Morgan fingerprint density at radius 1 is 1.20 bits per heavy atom. The van der Waals surface area contributed by atoms with Crippen LogP contribution in [0.5, 0.6) is 0 Å². The maximum Gasteiger partial charge on any atom is 0.0346 e. The van der Waals surface area contributed by atoms with Crippen molar-refractivity contribution in [2.75, 3.05) is 0 Å². The van der Waals surface area contributed by atoms with Crippen molar-refractivity contribution in [1.82, 2.24) is 10.3 Å². The molecule has 0 bridgehead atoms. The molecule has 20 heavy (non-hydrogen) atoms. The van der Waals surface area contributed by atoms with Gasteiger partial charge in [-0.05, 0) is 47.9 Å². The second-order valence-electron chi connectivity index (χ2n) is 5.12. The molecule has 2 heterocycles. The minimum Gasteiger partial charge on any atom is -0.310 e. The summed E-state index contributed by atoms with van der Waals surface area (Å²) in [5, 5.41) is 8.18. The number of nitrogens with zero attached hydrogens (tertiary/aromatic N) is 1. The largest absolute Gasteiger partial charge is 0.310 e. The number of fused-ring (bicyclic) bond motifs is 1. The molecule has 0 saturated heterocycles. The van der Waals surface area contributed by atoms with E-state index < -0.39 is 0 Å². The van der Waals surface area contributed by atoms with Crippen LogP contribution in [0.1, 0.15) is 17.4 Å². The van der Waals surface area contributed by atoms with Gasteiger partial charge in [-0.25, -0.2) is 0 Å². The zero-order valence-corrected chi connectivity index (χ0v) is 12.4. The van der Waals surface area contributed by atoms with Gasteiger partial charge in [0.25, 0.3) is 0 Å². The molecule has 1 N–H and O–H groups in total. The molecule has 0 aliphatic heterocycles. The highest BCUT2D eigenvalue weighted by atomic mass is 32.1. The van der Waals surface area contributed by atoms with Crippen molar-refractivity contribution in [3.8, 4) is 0 Å². The van der Waals surface area contributed by atoms with Gasteiger partial charge in [-0.15, -0.1) is 11.3 Å². The van der Waals surface area contributed by atoms with Crippen LogP contribution in [0.4, 0.5) is 0 Å². The van der Waals surface area contributed by atoms with Gasteiger partial charge in [0.15, 0.2) is 0 Å². The van der Waals surface area contributed by atoms with Gasteiger partial charge in [0.2, 0.25) is 0 Å². The van der Waals surface area contributed by atoms with Crippen LogP contribution in [0, 0.1) is 0 Å². The van der Waals surface area contributed by atoms with Crippen LogP contribution in [0.15, 0.2) is 54.2 Å². The summed E-state index contributed by atoms with van der Waals surface area (Å²) in [6, 6.07) is 13.4. The number of pyridine rings is 1. The Morgan fingerprint density at radius 3 is 3.00 bits per heavy atom. The Balaban J connectivity index is 1.61. The normalized spacial score (nSPS) is 12.7. The first-order valence-electron chi connectivity index (χ1n) is 6.90. The summed E-state index contributed by atoms with van der Waals surface area (Å²) >= 11 is 1.83. The van der Waals surface area contributed by atoms with Crippen molar-refractivity contribution >= 4 is 22.1 Å². The summed E-state index contributed by atoms with van der Waals surface area (Å²) in [7, 11) is 0. The summed E-state index contributed by atoms with van der Waals surface area (Å²) in [6.45, 7) is 3.15. The predicted molar refractivity (Wildman–Crippen MR) is 86.1 cm³/mol. The first kappa shape index (κ1) is 13.3. The van der Waals surface area contributed by atoms with Gasteiger partial charge in [0.05, 0.1) is 0 Å². The Morgan fingerprint density at radius 2 is 2.15 bits per heavy atom. The predicted octanol–water partition coefficient (Wildman–Crippen LogP) is 4.02. The van der Waals surface area contributed by atoms with Gasteiger partial charge >= 0.3 is 0 Å². The molecule has 0 aliphatic rings. The van der Waals surface area contributed by atoms with Gasteiger partial charge in [0, 0.05) is 35.2 Å². The van der Waals surface area contributed by atoms with Crippen molar-refractivity contribution in [1.29, 1.82) is 0 Å². The summed E-state index contributed by atoms with van der Waals surface area (Å²) in [4.78, 5) is 5.58. The monoisotopic (exact) mass is 282 g/mol. The van der Waals surface area contributed by atoms with Gasteiger partial charge < -0.3 is 5.32 Å². The summed E-state index contributed by atoms with van der Waals surface area (Å²) in [5.41, 5.74) is 1.32. The van der Waals surface area contributed by atoms with E-state index in [9.17, 15) is 0 Å². The Labute approximate surface area is 123 Å². The fourth-order valence-corrected chi connectivity index (χ4v) is 3.17. The molecule has 0 amide bonds. The summed E-state index contributed by atoms with van der Waals surface area (Å²) in [5.74, 6) is 0. The third kappa shape index (κ3) is 3.24. The van der Waals surface area contributed by atoms with E-state index in [1.165, 1.54) is 21.2 Å². The average molecular weight is 282 g/mol. The number of thiophene rings is 1. The van der Waals surface area contributed by atoms with Crippen molar-refractivity contribution in [3.05, 3.63) is 64.6 Å². The van der Waals surface area contributed by atoms with Crippen molar-refractivity contribution in [2.24, 2.45) is 0 Å². The fraction of sp³-hybridized carbons (Fsp3) is 0.235. The van der Waals surface area contributed by atoms with E-state index in [1.807, 2.05) is 23.7 Å². The molecule has 3 aromatic rings. The SMILES string of the molecule is CC(Cc1cccs1)NCc1ccc2cnccc2c1. The van der Waals surface area contributed by atoms with Crippen LogP contribution in [-0.4, -0.2) is 11.0 Å². The molecule has 1 aromatic carbocycles. The molecule has 0 spiro atoms. The molecule has 0 fully saturated rings. The maximum absolute atomic E-state index is 4.14. The van der Waals surface area contributed by atoms with Crippen LogP contribution in [0.2, 0.25) is 0 Å². The van der Waals surface area contributed by atoms with E-state index in [0.29, 0.717) is 6.04 Å². The number of hydrogen-bond donors (Lipinski definition) is 1. The number of hydrogen-bond acceptors (Lipinski definition) is 3. The number of rotatable bonds is 5. The topological polar surface area (TPSA) is 24.9 Å². The van der Waals surface area contributed by atoms with Crippen molar-refractivity contribution in [3.63, 3.8) is 0 Å². The lowest BCUT2D eigenvalue weighted by Crippen LogP contribution is -2.27. The molecule has 2 nitrogen and oxygen atoms in total. The lowest BCUT2D eigenvalue weighted by atomic mass is 10.1. The van der Waals surface area contributed by atoms with Crippen LogP contribution in [0.3, 0.4) is 0 Å². The third-order valence-electron chi connectivity index (χ3n) is 3.45. The van der Waals surface area contributed by atoms with Crippen LogP contribution in [0.25, 0.3) is 10.8 Å². The molecule has 0 saturated carbocycles. The number of aromatic nitrogens is 1. The average Bonchev–Trinajstić information content (AvgIpc) is 2.98. The highest BCUT2D eigenvalue weighted by molar-refractivity contribution is 7.09. The number of nitrogens with one attached hydrogen (secondary N) is 1. The van der Waals surface area contributed by atoms with Crippen LogP contribution >= 0.6 is 11.3 Å². The summed E-state index contributed by atoms with van der Waals surface area (Å²) < 4.78 is 0. The second kappa shape index (κ2) is 6.16. The standard InChI is InChI=1S/C17H18N2S/c1-13(9-17-3-2-8-20-17)19-11-14-4-5-16-12-18-7-6-15(16)10-14/h2-8,10,12-13,19H,9,11H2,1H3. The van der Waals surface area contributed by atoms with Crippen molar-refractivity contribution in [2.45, 2.75) is 25.9 Å². The molecule has 0 aliphatic carbocycles. The van der Waals surface area contributed by atoms with Gasteiger partial charge in [-0.3, -0.25) is 4.98 Å². The van der Waals surface area contributed by atoms with Gasteiger partial charge in [0.1, 0.15) is 0 Å². The fourth-order valence-electron chi connectivity index (χ4n) is 2.34. The Bertz CT molecular complexity index is 676. The molecular weight excluding hydrogens is 264 g/mol. The van der Waals surface area contributed by atoms with Gasteiger partial charge in [-0.1, -0.05) is 18.2 Å². The van der Waals surface area contributed by atoms with E-state index in [0.717, 1.165) is 13.0 Å². The highest BCUT2D eigenvalue weighted by Gasteiger charge is 2.04. The van der Waals surface area contributed by atoms with Crippen molar-refractivity contribution < 1.29 is 0 Å². The van der Waals surface area contributed by atoms with Crippen LogP contribution in [-0.2, 0) is 13.0 Å². The van der Waals surface area contributed by atoms with E-state index in [4.69, 9.17) is 0 Å². The molecular formula is C17H18N2S. The smallest absolute Gasteiger partial charge is 0.0346 e. The molecule has 0 radical (unpaired) electrons. The minimum absolute atomic E-state index is 0.488. The lowest BCUT2D eigenvalue weighted by molar-refractivity contribution is 0.549. The Hall–Kier alpha value is -1.71. The second-order valence-corrected chi connectivity index (χ2v) is 6.15. The third-order valence-corrected chi connectivity index (χ3v) is 4.35. The summed E-state index contributed by atoms with van der Waals surface area (Å²) in [6.07, 6.45) is 4.85. The first-order valence-corrected chi connectivity index (χ1v) is 7.77. The van der Waals surface area contributed by atoms with E-state index >= 15 is 0 Å². The molecule has 3 heteroatoms. The molecule has 3 rings (SSSR count). The molecule has 1 unspecified atom stereocenters. The van der Waals surface area contributed by atoms with E-state index in [-0.39, 0.29) is 0 Å².